The SMILES string of the molecule is CC(C)(C)c1ccc(-n2ncc3c2CCC[C@H]3NC(=O)CN2CC(=O)NC2=O)cc1. The van der Waals surface area contributed by atoms with Crippen LogP contribution in [0.25, 0.3) is 5.69 Å². The minimum absolute atomic E-state index is 0.0787. The minimum atomic E-state index is -0.522. The highest BCUT2D eigenvalue weighted by Crippen LogP contribution is 2.31. The zero-order valence-electron chi connectivity index (χ0n) is 17.6. The van der Waals surface area contributed by atoms with Gasteiger partial charge >= 0.3 is 6.03 Å². The Bertz CT molecular complexity index is 987. The van der Waals surface area contributed by atoms with Gasteiger partial charge in [-0.25, -0.2) is 9.48 Å². The maximum Gasteiger partial charge on any atom is 0.325 e. The monoisotopic (exact) mass is 409 g/mol. The number of urea groups is 1. The van der Waals surface area contributed by atoms with Crippen molar-refractivity contribution >= 4 is 17.8 Å². The summed E-state index contributed by atoms with van der Waals surface area (Å²) in [5.74, 6) is -0.661. The molecule has 1 aromatic heterocycles. The van der Waals surface area contributed by atoms with Crippen molar-refractivity contribution in [2.24, 2.45) is 0 Å². The van der Waals surface area contributed by atoms with Gasteiger partial charge in [-0.1, -0.05) is 32.9 Å². The number of hydrogen-bond acceptors (Lipinski definition) is 4. The lowest BCUT2D eigenvalue weighted by Crippen LogP contribution is -2.41. The number of nitrogens with one attached hydrogen (secondary N) is 2. The zero-order chi connectivity index (χ0) is 21.5. The Balaban J connectivity index is 1.49. The Labute approximate surface area is 175 Å². The number of imide groups is 1. The van der Waals surface area contributed by atoms with Crippen molar-refractivity contribution in [2.75, 3.05) is 13.1 Å². The number of aromatic nitrogens is 2. The highest BCUT2D eigenvalue weighted by Gasteiger charge is 2.30. The number of benzene rings is 1. The summed E-state index contributed by atoms with van der Waals surface area (Å²) in [6.45, 7) is 6.35. The van der Waals surface area contributed by atoms with Crippen molar-refractivity contribution in [3.8, 4) is 5.69 Å². The lowest BCUT2D eigenvalue weighted by atomic mass is 9.87. The van der Waals surface area contributed by atoms with Crippen LogP contribution in [0.15, 0.2) is 30.5 Å². The Morgan fingerprint density at radius 3 is 2.60 bits per heavy atom. The van der Waals surface area contributed by atoms with Crippen LogP contribution in [0.2, 0.25) is 0 Å². The van der Waals surface area contributed by atoms with Gasteiger partial charge in [-0.3, -0.25) is 14.9 Å². The van der Waals surface area contributed by atoms with E-state index in [-0.39, 0.29) is 36.4 Å². The van der Waals surface area contributed by atoms with Crippen molar-refractivity contribution in [1.82, 2.24) is 25.3 Å². The number of carbonyl (C=O) groups is 3. The number of amides is 4. The van der Waals surface area contributed by atoms with Crippen molar-refractivity contribution in [2.45, 2.75) is 51.5 Å². The molecule has 0 bridgehead atoms. The standard InChI is InChI=1S/C22H27N5O3/c1-22(2,3)14-7-9-15(10-8-14)27-18-6-4-5-17(16(18)11-23-27)24-19(28)12-26-13-20(29)25-21(26)30/h7-11,17H,4-6,12-13H2,1-3H3,(H,24,28)(H,25,29,30)/t17-/m1/s1. The molecule has 2 aliphatic rings. The number of nitrogens with zero attached hydrogens (tertiary/aromatic N) is 3. The second-order valence-corrected chi connectivity index (χ2v) is 8.98. The molecule has 8 heteroatoms. The predicted octanol–water partition coefficient (Wildman–Crippen LogP) is 2.22. The molecule has 0 unspecified atom stereocenters. The summed E-state index contributed by atoms with van der Waals surface area (Å²) in [4.78, 5) is 36.6. The van der Waals surface area contributed by atoms with Gasteiger partial charge in [0.25, 0.3) is 0 Å². The molecule has 2 heterocycles. The number of carbonyl (C=O) groups excluding carboxylic acids is 3. The van der Waals surface area contributed by atoms with E-state index in [0.717, 1.165) is 36.2 Å². The van der Waals surface area contributed by atoms with E-state index in [1.165, 1.54) is 10.5 Å². The van der Waals surface area contributed by atoms with Gasteiger partial charge in [-0.15, -0.1) is 0 Å². The molecule has 0 saturated carbocycles. The van der Waals surface area contributed by atoms with Gasteiger partial charge in [0.15, 0.2) is 0 Å². The van der Waals surface area contributed by atoms with E-state index in [2.05, 4.69) is 60.8 Å². The molecule has 30 heavy (non-hydrogen) atoms. The molecule has 1 aliphatic carbocycles. The van der Waals surface area contributed by atoms with Crippen LogP contribution in [0.1, 0.15) is 56.5 Å². The maximum atomic E-state index is 12.5. The van der Waals surface area contributed by atoms with E-state index < -0.39 is 6.03 Å². The lowest BCUT2D eigenvalue weighted by Gasteiger charge is -2.25. The minimum Gasteiger partial charge on any atom is -0.348 e. The summed E-state index contributed by atoms with van der Waals surface area (Å²) in [6, 6.07) is 7.76. The van der Waals surface area contributed by atoms with Crippen molar-refractivity contribution < 1.29 is 14.4 Å². The van der Waals surface area contributed by atoms with Gasteiger partial charge in [0.2, 0.25) is 11.8 Å². The van der Waals surface area contributed by atoms with Crippen LogP contribution in [0, 0.1) is 0 Å². The van der Waals surface area contributed by atoms with Gasteiger partial charge in [0, 0.05) is 11.3 Å². The van der Waals surface area contributed by atoms with Gasteiger partial charge < -0.3 is 10.2 Å². The van der Waals surface area contributed by atoms with Crippen LogP contribution in [-0.4, -0.2) is 45.6 Å². The molecule has 158 valence electrons. The van der Waals surface area contributed by atoms with Gasteiger partial charge in [-0.05, 0) is 42.4 Å². The first kappa shape index (κ1) is 20.1. The molecule has 0 spiro atoms. The molecule has 1 saturated heterocycles. The second kappa shape index (κ2) is 7.59. The van der Waals surface area contributed by atoms with E-state index >= 15 is 0 Å². The average molecular weight is 409 g/mol. The third kappa shape index (κ3) is 3.94. The van der Waals surface area contributed by atoms with Crippen LogP contribution < -0.4 is 10.6 Å². The molecule has 2 N–H and O–H groups in total. The average Bonchev–Trinajstić information content (AvgIpc) is 3.24. The fraction of sp³-hybridized carbons (Fsp3) is 0.455. The van der Waals surface area contributed by atoms with Gasteiger partial charge in [0.05, 0.1) is 17.9 Å². The van der Waals surface area contributed by atoms with Crippen LogP contribution in [0.5, 0.6) is 0 Å². The molecule has 1 atom stereocenters. The van der Waals surface area contributed by atoms with E-state index in [9.17, 15) is 14.4 Å². The first-order chi connectivity index (χ1) is 14.2. The van der Waals surface area contributed by atoms with Crippen LogP contribution >= 0.6 is 0 Å². The highest BCUT2D eigenvalue weighted by molar-refractivity contribution is 6.03. The van der Waals surface area contributed by atoms with Crippen molar-refractivity contribution in [3.05, 3.63) is 47.3 Å². The number of fused-ring (bicyclic) bond motifs is 1. The topological polar surface area (TPSA) is 96.3 Å². The summed E-state index contributed by atoms with van der Waals surface area (Å²) >= 11 is 0. The fourth-order valence-corrected chi connectivity index (χ4v) is 4.06. The van der Waals surface area contributed by atoms with Crippen LogP contribution in [-0.2, 0) is 21.4 Å². The Kier molecular flexibility index (Phi) is 5.09. The Hall–Kier alpha value is -3.16. The Morgan fingerprint density at radius 2 is 1.97 bits per heavy atom. The first-order valence-corrected chi connectivity index (χ1v) is 10.3. The Morgan fingerprint density at radius 1 is 1.23 bits per heavy atom. The van der Waals surface area contributed by atoms with Gasteiger partial charge in [-0.2, -0.15) is 5.10 Å². The molecule has 4 amide bonds. The second-order valence-electron chi connectivity index (χ2n) is 8.98. The normalized spacial score (nSPS) is 18.9. The summed E-state index contributed by atoms with van der Waals surface area (Å²) in [5, 5.41) is 9.78. The third-order valence-corrected chi connectivity index (χ3v) is 5.70. The largest absolute Gasteiger partial charge is 0.348 e. The summed E-state index contributed by atoms with van der Waals surface area (Å²) in [6.07, 6.45) is 4.47. The van der Waals surface area contributed by atoms with E-state index in [4.69, 9.17) is 0 Å². The first-order valence-electron chi connectivity index (χ1n) is 10.3. The molecule has 2 aromatic rings. The third-order valence-electron chi connectivity index (χ3n) is 5.70. The lowest BCUT2D eigenvalue weighted by molar-refractivity contribution is -0.122. The maximum absolute atomic E-state index is 12.5. The highest BCUT2D eigenvalue weighted by atomic mass is 16.2. The molecular formula is C22H27N5O3. The van der Waals surface area contributed by atoms with E-state index in [1.807, 2.05) is 10.9 Å². The quantitative estimate of drug-likeness (QED) is 0.757. The summed E-state index contributed by atoms with van der Waals surface area (Å²) < 4.78 is 1.95. The van der Waals surface area contributed by atoms with E-state index in [1.54, 1.807) is 0 Å². The fourth-order valence-electron chi connectivity index (χ4n) is 4.06. The number of hydrogen-bond donors (Lipinski definition) is 2. The summed E-state index contributed by atoms with van der Waals surface area (Å²) in [5.41, 5.74) is 4.47. The predicted molar refractivity (Wildman–Crippen MR) is 111 cm³/mol. The smallest absolute Gasteiger partial charge is 0.325 e. The van der Waals surface area contributed by atoms with Crippen LogP contribution in [0.3, 0.4) is 0 Å². The molecule has 8 nitrogen and oxygen atoms in total. The summed E-state index contributed by atoms with van der Waals surface area (Å²) in [7, 11) is 0. The molecule has 4 rings (SSSR count). The van der Waals surface area contributed by atoms with E-state index in [0.29, 0.717) is 0 Å². The molecular weight excluding hydrogens is 382 g/mol. The molecule has 0 radical (unpaired) electrons. The van der Waals surface area contributed by atoms with Crippen LogP contribution in [0.4, 0.5) is 4.79 Å². The molecule has 1 aliphatic heterocycles. The zero-order valence-corrected chi connectivity index (χ0v) is 17.6. The van der Waals surface area contributed by atoms with Gasteiger partial charge in [0.1, 0.15) is 13.1 Å². The number of rotatable bonds is 4. The molecule has 1 fully saturated rings. The van der Waals surface area contributed by atoms with Crippen molar-refractivity contribution in [3.63, 3.8) is 0 Å². The molecule has 1 aromatic carbocycles. The van der Waals surface area contributed by atoms with Crippen molar-refractivity contribution in [1.29, 1.82) is 0 Å².